The molecule has 0 heterocycles. The third-order valence-corrected chi connectivity index (χ3v) is 4.60. The summed E-state index contributed by atoms with van der Waals surface area (Å²) in [7, 11) is -1.50. The molecule has 0 aromatic heterocycles. The maximum absolute atomic E-state index is 11.3. The zero-order valence-corrected chi connectivity index (χ0v) is 8.52. The molecule has 12 heavy (non-hydrogen) atoms. The average molecular weight is 191 g/mol. The second-order valence-corrected chi connectivity index (χ2v) is 5.80. The molecular weight excluding hydrogens is 174 g/mol. The summed E-state index contributed by atoms with van der Waals surface area (Å²) < 4.78 is 25.1. The summed E-state index contributed by atoms with van der Waals surface area (Å²) in [6.07, 6.45) is 3.74. The molecule has 0 aromatic carbocycles. The summed E-state index contributed by atoms with van der Waals surface area (Å²) in [5.41, 5.74) is 0. The lowest BCUT2D eigenvalue weighted by Crippen LogP contribution is -2.34. The van der Waals surface area contributed by atoms with Crippen LogP contribution in [0.25, 0.3) is 0 Å². The van der Waals surface area contributed by atoms with Crippen molar-refractivity contribution in [3.63, 3.8) is 0 Å². The second kappa shape index (κ2) is 3.75. The van der Waals surface area contributed by atoms with Crippen molar-refractivity contribution in [3.05, 3.63) is 0 Å². The van der Waals surface area contributed by atoms with Gasteiger partial charge >= 0.3 is 0 Å². The van der Waals surface area contributed by atoms with Crippen molar-refractivity contribution >= 4 is 10.0 Å². The van der Waals surface area contributed by atoms with Gasteiger partial charge in [0.2, 0.25) is 10.0 Å². The molecule has 1 aliphatic carbocycles. The molecule has 0 aliphatic heterocycles. The van der Waals surface area contributed by atoms with Crippen LogP contribution in [0.1, 0.15) is 32.6 Å². The van der Waals surface area contributed by atoms with Crippen molar-refractivity contribution in [2.75, 3.05) is 7.05 Å². The van der Waals surface area contributed by atoms with E-state index in [9.17, 15) is 8.42 Å². The Balaban J connectivity index is 2.56. The van der Waals surface area contributed by atoms with E-state index in [1.165, 1.54) is 7.05 Å². The van der Waals surface area contributed by atoms with Crippen LogP contribution in [0.15, 0.2) is 0 Å². The first-order chi connectivity index (χ1) is 5.56. The summed E-state index contributed by atoms with van der Waals surface area (Å²) in [5, 5.41) is -0.140. The van der Waals surface area contributed by atoms with Crippen molar-refractivity contribution in [1.82, 2.24) is 4.72 Å². The third kappa shape index (κ3) is 2.20. The number of sulfonamides is 1. The van der Waals surface area contributed by atoms with E-state index in [0.29, 0.717) is 5.92 Å². The zero-order chi connectivity index (χ0) is 9.19. The van der Waals surface area contributed by atoms with E-state index >= 15 is 0 Å². The van der Waals surface area contributed by atoms with Gasteiger partial charge in [-0.3, -0.25) is 0 Å². The topological polar surface area (TPSA) is 46.2 Å². The molecule has 1 aliphatic rings. The van der Waals surface area contributed by atoms with Crippen molar-refractivity contribution < 1.29 is 8.42 Å². The largest absolute Gasteiger partial charge is 0.218 e. The summed E-state index contributed by atoms with van der Waals surface area (Å²) >= 11 is 0. The van der Waals surface area contributed by atoms with Crippen molar-refractivity contribution in [1.29, 1.82) is 0 Å². The van der Waals surface area contributed by atoms with Crippen molar-refractivity contribution in [2.24, 2.45) is 5.92 Å². The Labute approximate surface area is 74.6 Å². The highest BCUT2D eigenvalue weighted by molar-refractivity contribution is 7.90. The molecule has 1 saturated carbocycles. The lowest BCUT2D eigenvalue weighted by molar-refractivity contribution is 0.381. The quantitative estimate of drug-likeness (QED) is 0.711. The molecular formula is C8H17NO2S. The predicted octanol–water partition coefficient (Wildman–Crippen LogP) is 1.11. The molecule has 1 fully saturated rings. The fraction of sp³-hybridized carbons (Fsp3) is 1.00. The van der Waals surface area contributed by atoms with Gasteiger partial charge in [-0.15, -0.1) is 0 Å². The van der Waals surface area contributed by atoms with Gasteiger partial charge in [0.05, 0.1) is 5.25 Å². The van der Waals surface area contributed by atoms with E-state index in [0.717, 1.165) is 25.7 Å². The van der Waals surface area contributed by atoms with Crippen LogP contribution in [0.3, 0.4) is 0 Å². The van der Waals surface area contributed by atoms with Crippen LogP contribution >= 0.6 is 0 Å². The predicted molar refractivity (Wildman–Crippen MR) is 49.4 cm³/mol. The fourth-order valence-corrected chi connectivity index (χ4v) is 2.93. The Morgan fingerprint density at radius 2 is 1.67 bits per heavy atom. The first-order valence-electron chi connectivity index (χ1n) is 4.48. The first kappa shape index (κ1) is 9.99. The van der Waals surface area contributed by atoms with Gasteiger partial charge in [0.15, 0.2) is 0 Å². The highest BCUT2D eigenvalue weighted by atomic mass is 32.2. The number of rotatable bonds is 2. The normalized spacial score (nSPS) is 31.8. The Hall–Kier alpha value is -0.0900. The molecule has 0 unspecified atom stereocenters. The van der Waals surface area contributed by atoms with E-state index in [2.05, 4.69) is 11.6 Å². The van der Waals surface area contributed by atoms with E-state index in [1.54, 1.807) is 0 Å². The first-order valence-corrected chi connectivity index (χ1v) is 6.03. The van der Waals surface area contributed by atoms with Gasteiger partial charge in [0.25, 0.3) is 0 Å². The molecule has 0 bridgehead atoms. The van der Waals surface area contributed by atoms with E-state index in [1.807, 2.05) is 0 Å². The third-order valence-electron chi connectivity index (χ3n) is 2.69. The molecule has 0 amide bonds. The SMILES string of the molecule is CNS(=O)(=O)C1CCC(C)CC1. The number of nitrogens with one attached hydrogen (secondary N) is 1. The van der Waals surface area contributed by atoms with Crippen LogP contribution in [0.4, 0.5) is 0 Å². The van der Waals surface area contributed by atoms with Gasteiger partial charge in [-0.2, -0.15) is 0 Å². The van der Waals surface area contributed by atoms with Gasteiger partial charge in [0.1, 0.15) is 0 Å². The molecule has 4 heteroatoms. The number of hydrogen-bond donors (Lipinski definition) is 1. The van der Waals surface area contributed by atoms with E-state index < -0.39 is 10.0 Å². The molecule has 1 rings (SSSR count). The molecule has 0 atom stereocenters. The monoisotopic (exact) mass is 191 g/mol. The molecule has 0 saturated heterocycles. The van der Waals surface area contributed by atoms with Crippen LogP contribution in [0.5, 0.6) is 0 Å². The maximum Gasteiger partial charge on any atom is 0.214 e. The molecule has 3 nitrogen and oxygen atoms in total. The van der Waals surface area contributed by atoms with Crippen molar-refractivity contribution in [2.45, 2.75) is 37.9 Å². The van der Waals surface area contributed by atoms with Gasteiger partial charge in [0, 0.05) is 0 Å². The maximum atomic E-state index is 11.3. The van der Waals surface area contributed by atoms with E-state index in [4.69, 9.17) is 0 Å². The van der Waals surface area contributed by atoms with Crippen LogP contribution < -0.4 is 4.72 Å². The van der Waals surface area contributed by atoms with Crippen LogP contribution in [0, 0.1) is 5.92 Å². The average Bonchev–Trinajstić information content (AvgIpc) is 2.05. The molecule has 0 radical (unpaired) electrons. The van der Waals surface area contributed by atoms with Crippen molar-refractivity contribution in [3.8, 4) is 0 Å². The summed E-state index contributed by atoms with van der Waals surface area (Å²) in [6.45, 7) is 2.18. The van der Waals surface area contributed by atoms with E-state index in [-0.39, 0.29) is 5.25 Å². The fourth-order valence-electron chi connectivity index (χ4n) is 1.71. The van der Waals surface area contributed by atoms with Gasteiger partial charge in [-0.1, -0.05) is 6.92 Å². The smallest absolute Gasteiger partial charge is 0.214 e. The Bertz CT molecular complexity index is 227. The zero-order valence-electron chi connectivity index (χ0n) is 7.71. The lowest BCUT2D eigenvalue weighted by atomic mass is 9.91. The standard InChI is InChI=1S/C8H17NO2S/c1-7-3-5-8(6-4-7)12(10,11)9-2/h7-9H,3-6H2,1-2H3. The van der Waals surface area contributed by atoms with Crippen LogP contribution in [-0.2, 0) is 10.0 Å². The Morgan fingerprint density at radius 3 is 2.08 bits per heavy atom. The molecule has 1 N–H and O–H groups in total. The van der Waals surface area contributed by atoms with Gasteiger partial charge in [-0.05, 0) is 38.6 Å². The minimum absolute atomic E-state index is 0.140. The van der Waals surface area contributed by atoms with Crippen LogP contribution in [0.2, 0.25) is 0 Å². The Kier molecular flexibility index (Phi) is 3.12. The minimum atomic E-state index is -2.99. The highest BCUT2D eigenvalue weighted by Gasteiger charge is 2.27. The van der Waals surface area contributed by atoms with Gasteiger partial charge in [-0.25, -0.2) is 13.1 Å². The minimum Gasteiger partial charge on any atom is -0.218 e. The van der Waals surface area contributed by atoms with Gasteiger partial charge < -0.3 is 0 Å². The summed E-state index contributed by atoms with van der Waals surface area (Å²) in [5.74, 6) is 0.702. The molecule has 72 valence electrons. The summed E-state index contributed by atoms with van der Waals surface area (Å²) in [4.78, 5) is 0. The highest BCUT2D eigenvalue weighted by Crippen LogP contribution is 2.27. The van der Waals surface area contributed by atoms with Crippen LogP contribution in [-0.4, -0.2) is 20.7 Å². The second-order valence-electron chi connectivity index (χ2n) is 3.63. The molecule has 0 aromatic rings. The molecule has 0 spiro atoms. The Morgan fingerprint density at radius 1 is 1.17 bits per heavy atom. The number of hydrogen-bond acceptors (Lipinski definition) is 2. The summed E-state index contributed by atoms with van der Waals surface area (Å²) in [6, 6.07) is 0. The lowest BCUT2D eigenvalue weighted by Gasteiger charge is -2.25.